The Labute approximate surface area is 168 Å². The van der Waals surface area contributed by atoms with E-state index in [0.29, 0.717) is 18.1 Å². The summed E-state index contributed by atoms with van der Waals surface area (Å²) in [5.41, 5.74) is 1.87. The molecule has 148 valence electrons. The number of nitrogens with zero attached hydrogens (tertiary/aromatic N) is 2. The number of anilines is 1. The van der Waals surface area contributed by atoms with Gasteiger partial charge in [-0.2, -0.15) is 5.10 Å². The van der Waals surface area contributed by atoms with Crippen LogP contribution < -0.4 is 15.4 Å². The van der Waals surface area contributed by atoms with E-state index in [0.717, 1.165) is 24.1 Å². The maximum absolute atomic E-state index is 12.7. The standard InChI is InChI=1S/C22H22N4O3/c1-29-19-10-6-5-7-16(19)14-23-22(28)18-13-20(24-21(27)15-11-12-15)26(25-18)17-8-3-2-4-9-17/h2-10,13,15H,11-12,14H2,1H3,(H,23,28)(H,24,27). The predicted molar refractivity (Wildman–Crippen MR) is 109 cm³/mol. The highest BCUT2D eigenvalue weighted by Gasteiger charge is 2.30. The molecule has 29 heavy (non-hydrogen) atoms. The van der Waals surface area contributed by atoms with Crippen molar-refractivity contribution >= 4 is 17.6 Å². The molecular weight excluding hydrogens is 368 g/mol. The second kappa shape index (κ2) is 8.18. The predicted octanol–water partition coefficient (Wildman–Crippen LogP) is 3.16. The molecule has 2 N–H and O–H groups in total. The van der Waals surface area contributed by atoms with Crippen LogP contribution in [0.1, 0.15) is 28.9 Å². The number of carbonyl (C=O) groups excluding carboxylic acids is 2. The second-order valence-corrected chi connectivity index (χ2v) is 6.92. The van der Waals surface area contributed by atoms with Gasteiger partial charge in [-0.1, -0.05) is 36.4 Å². The minimum atomic E-state index is -0.326. The minimum absolute atomic E-state index is 0.0388. The van der Waals surface area contributed by atoms with Crippen LogP contribution in [0.3, 0.4) is 0 Å². The molecule has 1 heterocycles. The molecule has 0 spiro atoms. The number of hydrogen-bond acceptors (Lipinski definition) is 4. The summed E-state index contributed by atoms with van der Waals surface area (Å²) < 4.78 is 6.90. The van der Waals surface area contributed by atoms with Crippen molar-refractivity contribution < 1.29 is 14.3 Å². The minimum Gasteiger partial charge on any atom is -0.496 e. The first-order valence-electron chi connectivity index (χ1n) is 9.52. The number of hydrogen-bond donors (Lipinski definition) is 2. The number of para-hydroxylation sites is 2. The van der Waals surface area contributed by atoms with Crippen molar-refractivity contribution in [1.29, 1.82) is 0 Å². The summed E-state index contributed by atoms with van der Waals surface area (Å²) in [6.45, 7) is 0.310. The largest absolute Gasteiger partial charge is 0.496 e. The van der Waals surface area contributed by atoms with Crippen LogP contribution in [0.15, 0.2) is 60.7 Å². The first kappa shape index (κ1) is 18.7. The lowest BCUT2D eigenvalue weighted by Gasteiger charge is -2.08. The fourth-order valence-corrected chi connectivity index (χ4v) is 3.04. The van der Waals surface area contributed by atoms with Crippen LogP contribution >= 0.6 is 0 Å². The zero-order valence-electron chi connectivity index (χ0n) is 16.1. The van der Waals surface area contributed by atoms with Crippen molar-refractivity contribution in [1.82, 2.24) is 15.1 Å². The number of amides is 2. The van der Waals surface area contributed by atoms with Crippen molar-refractivity contribution in [2.45, 2.75) is 19.4 Å². The molecular formula is C22H22N4O3. The molecule has 2 aromatic carbocycles. The maximum Gasteiger partial charge on any atom is 0.272 e. The number of rotatable bonds is 7. The molecule has 0 radical (unpaired) electrons. The van der Waals surface area contributed by atoms with Gasteiger partial charge >= 0.3 is 0 Å². The van der Waals surface area contributed by atoms with Crippen molar-refractivity contribution in [3.8, 4) is 11.4 Å². The fraction of sp³-hybridized carbons (Fsp3) is 0.227. The molecule has 7 nitrogen and oxygen atoms in total. The number of ether oxygens (including phenoxy) is 1. The van der Waals surface area contributed by atoms with Crippen LogP contribution in [0.4, 0.5) is 5.82 Å². The molecule has 2 amide bonds. The highest BCUT2D eigenvalue weighted by molar-refractivity contribution is 5.97. The van der Waals surface area contributed by atoms with E-state index in [1.165, 1.54) is 0 Å². The van der Waals surface area contributed by atoms with Crippen LogP contribution in [-0.2, 0) is 11.3 Å². The molecule has 1 saturated carbocycles. The van der Waals surface area contributed by atoms with E-state index in [1.54, 1.807) is 17.9 Å². The molecule has 1 aliphatic rings. The Balaban J connectivity index is 1.55. The van der Waals surface area contributed by atoms with E-state index in [2.05, 4.69) is 15.7 Å². The summed E-state index contributed by atoms with van der Waals surface area (Å²) in [4.78, 5) is 25.0. The van der Waals surface area contributed by atoms with Gasteiger partial charge in [-0.3, -0.25) is 9.59 Å². The Hall–Kier alpha value is -3.61. The van der Waals surface area contributed by atoms with Crippen LogP contribution in [0.25, 0.3) is 5.69 Å². The van der Waals surface area contributed by atoms with Gasteiger partial charge in [0.05, 0.1) is 12.8 Å². The van der Waals surface area contributed by atoms with E-state index < -0.39 is 0 Å². The van der Waals surface area contributed by atoms with Crippen LogP contribution in [0, 0.1) is 5.92 Å². The third-order valence-electron chi connectivity index (χ3n) is 4.77. The molecule has 3 aromatic rings. The molecule has 0 aliphatic heterocycles. The van der Waals surface area contributed by atoms with Crippen molar-refractivity contribution in [2.75, 3.05) is 12.4 Å². The smallest absolute Gasteiger partial charge is 0.272 e. The molecule has 1 aliphatic carbocycles. The number of benzene rings is 2. The van der Waals surface area contributed by atoms with Crippen LogP contribution in [-0.4, -0.2) is 28.7 Å². The molecule has 0 atom stereocenters. The molecule has 0 bridgehead atoms. The summed E-state index contributed by atoms with van der Waals surface area (Å²) in [6.07, 6.45) is 1.80. The Kier molecular flexibility index (Phi) is 5.29. The molecule has 0 saturated heterocycles. The summed E-state index contributed by atoms with van der Waals surface area (Å²) in [6, 6.07) is 18.5. The highest BCUT2D eigenvalue weighted by Crippen LogP contribution is 2.30. The first-order chi connectivity index (χ1) is 14.2. The summed E-state index contributed by atoms with van der Waals surface area (Å²) >= 11 is 0. The van der Waals surface area contributed by atoms with E-state index in [-0.39, 0.29) is 23.4 Å². The quantitative estimate of drug-likeness (QED) is 0.649. The van der Waals surface area contributed by atoms with Gasteiger partial charge in [-0.05, 0) is 31.0 Å². The lowest BCUT2D eigenvalue weighted by atomic mass is 10.2. The van der Waals surface area contributed by atoms with Gasteiger partial charge < -0.3 is 15.4 Å². The highest BCUT2D eigenvalue weighted by atomic mass is 16.5. The summed E-state index contributed by atoms with van der Waals surface area (Å²) in [5.74, 6) is 0.878. The Morgan fingerprint density at radius 3 is 2.55 bits per heavy atom. The van der Waals surface area contributed by atoms with E-state index >= 15 is 0 Å². The van der Waals surface area contributed by atoms with Crippen molar-refractivity contribution in [2.24, 2.45) is 5.92 Å². The monoisotopic (exact) mass is 390 g/mol. The SMILES string of the molecule is COc1ccccc1CNC(=O)c1cc(NC(=O)C2CC2)n(-c2ccccc2)n1. The van der Waals surface area contributed by atoms with Crippen LogP contribution in [0.5, 0.6) is 5.75 Å². The van der Waals surface area contributed by atoms with Gasteiger partial charge in [-0.25, -0.2) is 4.68 Å². The zero-order chi connectivity index (χ0) is 20.2. The van der Waals surface area contributed by atoms with Gasteiger partial charge in [0, 0.05) is 24.1 Å². The number of methoxy groups -OCH3 is 1. The average Bonchev–Trinajstić information content (AvgIpc) is 3.53. The van der Waals surface area contributed by atoms with Gasteiger partial charge in [0.1, 0.15) is 11.6 Å². The molecule has 0 unspecified atom stereocenters. The number of aromatic nitrogens is 2. The third kappa shape index (κ3) is 4.29. The van der Waals surface area contributed by atoms with E-state index in [1.807, 2.05) is 54.6 Å². The molecule has 4 rings (SSSR count). The Morgan fingerprint density at radius 1 is 1.10 bits per heavy atom. The van der Waals surface area contributed by atoms with Crippen molar-refractivity contribution in [3.63, 3.8) is 0 Å². The van der Waals surface area contributed by atoms with Gasteiger partial charge in [0.2, 0.25) is 5.91 Å². The first-order valence-corrected chi connectivity index (χ1v) is 9.52. The molecule has 1 aromatic heterocycles. The summed E-state index contributed by atoms with van der Waals surface area (Å²) in [7, 11) is 1.59. The average molecular weight is 390 g/mol. The number of carbonyl (C=O) groups is 2. The van der Waals surface area contributed by atoms with E-state index in [9.17, 15) is 9.59 Å². The van der Waals surface area contributed by atoms with Crippen molar-refractivity contribution in [3.05, 3.63) is 71.9 Å². The van der Waals surface area contributed by atoms with Gasteiger partial charge in [-0.15, -0.1) is 0 Å². The van der Waals surface area contributed by atoms with Gasteiger partial charge in [0.15, 0.2) is 5.69 Å². The number of nitrogens with one attached hydrogen (secondary N) is 2. The molecule has 1 fully saturated rings. The third-order valence-corrected chi connectivity index (χ3v) is 4.77. The molecule has 7 heteroatoms. The Bertz CT molecular complexity index is 1030. The normalized spacial score (nSPS) is 13.0. The Morgan fingerprint density at radius 2 is 1.83 bits per heavy atom. The zero-order valence-corrected chi connectivity index (χ0v) is 16.1. The maximum atomic E-state index is 12.7. The second-order valence-electron chi connectivity index (χ2n) is 6.92. The lowest BCUT2D eigenvalue weighted by Crippen LogP contribution is -2.23. The van der Waals surface area contributed by atoms with Crippen LogP contribution in [0.2, 0.25) is 0 Å². The fourth-order valence-electron chi connectivity index (χ4n) is 3.04. The lowest BCUT2D eigenvalue weighted by molar-refractivity contribution is -0.117. The van der Waals surface area contributed by atoms with E-state index in [4.69, 9.17) is 4.74 Å². The topological polar surface area (TPSA) is 85.3 Å². The summed E-state index contributed by atoms with van der Waals surface area (Å²) in [5, 5.41) is 10.2. The van der Waals surface area contributed by atoms with Gasteiger partial charge in [0.25, 0.3) is 5.91 Å².